The summed E-state index contributed by atoms with van der Waals surface area (Å²) in [4.78, 5) is 16.3. The molecule has 0 saturated heterocycles. The third-order valence-corrected chi connectivity index (χ3v) is 4.09. The summed E-state index contributed by atoms with van der Waals surface area (Å²) in [6.07, 6.45) is 3.61. The van der Waals surface area contributed by atoms with E-state index in [1.807, 2.05) is 42.5 Å². The predicted molar refractivity (Wildman–Crippen MR) is 89.8 cm³/mol. The van der Waals surface area contributed by atoms with Crippen LogP contribution in [0.15, 0.2) is 65.6 Å². The first-order valence-electron chi connectivity index (χ1n) is 7.75. The second kappa shape index (κ2) is 6.20. The number of carboxylic acid groups (broad SMARTS) is 1. The molecule has 2 aromatic heterocycles. The SMILES string of the molecule is O=C(O)[C@@H](Cc1ccccc1)n1ccnc1-c1cccc2nonc12. The summed E-state index contributed by atoms with van der Waals surface area (Å²) in [5.41, 5.74) is 2.78. The van der Waals surface area contributed by atoms with Crippen LogP contribution in [0.25, 0.3) is 22.4 Å². The normalized spacial score (nSPS) is 12.3. The van der Waals surface area contributed by atoms with Crippen molar-refractivity contribution in [2.75, 3.05) is 0 Å². The summed E-state index contributed by atoms with van der Waals surface area (Å²) < 4.78 is 6.45. The fraction of sp³-hybridized carbons (Fsp3) is 0.111. The Morgan fingerprint density at radius 1 is 1.12 bits per heavy atom. The van der Waals surface area contributed by atoms with E-state index in [1.54, 1.807) is 23.0 Å². The van der Waals surface area contributed by atoms with Crippen LogP contribution in [0.1, 0.15) is 11.6 Å². The Morgan fingerprint density at radius 2 is 1.96 bits per heavy atom. The number of nitrogens with zero attached hydrogens (tertiary/aromatic N) is 4. The van der Waals surface area contributed by atoms with Crippen LogP contribution in [0, 0.1) is 0 Å². The summed E-state index contributed by atoms with van der Waals surface area (Å²) in [6.45, 7) is 0. The summed E-state index contributed by atoms with van der Waals surface area (Å²) in [7, 11) is 0. The zero-order valence-electron chi connectivity index (χ0n) is 13.1. The summed E-state index contributed by atoms with van der Waals surface area (Å²) in [5.74, 6) is -0.404. The minimum atomic E-state index is -0.923. The Morgan fingerprint density at radius 3 is 2.76 bits per heavy atom. The van der Waals surface area contributed by atoms with Gasteiger partial charge >= 0.3 is 5.97 Å². The maximum atomic E-state index is 11.9. The van der Waals surface area contributed by atoms with E-state index in [0.717, 1.165) is 5.56 Å². The number of aromatic nitrogens is 4. The van der Waals surface area contributed by atoms with E-state index >= 15 is 0 Å². The maximum Gasteiger partial charge on any atom is 0.327 e. The molecule has 0 unspecified atom stereocenters. The molecule has 0 amide bonds. The number of hydrogen-bond acceptors (Lipinski definition) is 5. The van der Waals surface area contributed by atoms with Crippen molar-refractivity contribution in [3.63, 3.8) is 0 Å². The fourth-order valence-electron chi connectivity index (χ4n) is 2.90. The molecule has 2 aromatic carbocycles. The van der Waals surface area contributed by atoms with Crippen LogP contribution < -0.4 is 0 Å². The monoisotopic (exact) mass is 334 g/mol. The molecule has 0 bridgehead atoms. The van der Waals surface area contributed by atoms with E-state index in [4.69, 9.17) is 4.63 Å². The molecule has 4 rings (SSSR count). The quantitative estimate of drug-likeness (QED) is 0.603. The smallest absolute Gasteiger partial charge is 0.327 e. The molecule has 1 N–H and O–H groups in total. The average molecular weight is 334 g/mol. The lowest BCUT2D eigenvalue weighted by molar-refractivity contribution is -0.140. The van der Waals surface area contributed by atoms with Crippen molar-refractivity contribution in [2.24, 2.45) is 0 Å². The highest BCUT2D eigenvalue weighted by Gasteiger charge is 2.24. The number of imidazole rings is 1. The van der Waals surface area contributed by atoms with Gasteiger partial charge in [-0.1, -0.05) is 36.4 Å². The van der Waals surface area contributed by atoms with E-state index in [2.05, 4.69) is 15.3 Å². The molecule has 0 aliphatic heterocycles. The Bertz CT molecular complexity index is 1020. The van der Waals surface area contributed by atoms with Crippen molar-refractivity contribution in [3.05, 3.63) is 66.5 Å². The highest BCUT2D eigenvalue weighted by atomic mass is 16.6. The van der Waals surface area contributed by atoms with Crippen LogP contribution >= 0.6 is 0 Å². The van der Waals surface area contributed by atoms with Crippen LogP contribution in [-0.2, 0) is 11.2 Å². The van der Waals surface area contributed by atoms with E-state index in [-0.39, 0.29) is 0 Å². The van der Waals surface area contributed by atoms with Crippen LogP contribution in [0.3, 0.4) is 0 Å². The molecule has 25 heavy (non-hydrogen) atoms. The zero-order valence-corrected chi connectivity index (χ0v) is 13.1. The van der Waals surface area contributed by atoms with E-state index in [1.165, 1.54) is 0 Å². The molecule has 7 heteroatoms. The summed E-state index contributed by atoms with van der Waals surface area (Å²) >= 11 is 0. The molecule has 0 fully saturated rings. The minimum Gasteiger partial charge on any atom is -0.480 e. The number of benzene rings is 2. The third kappa shape index (κ3) is 2.76. The fourth-order valence-corrected chi connectivity index (χ4v) is 2.90. The third-order valence-electron chi connectivity index (χ3n) is 4.09. The standard InChI is InChI=1S/C18H14N4O3/c23-18(24)15(11-12-5-2-1-3-6-12)22-10-9-19-17(22)13-7-4-8-14-16(13)21-25-20-14/h1-10,15H,11H2,(H,23,24)/t15-/m1/s1. The van der Waals surface area contributed by atoms with Gasteiger partial charge in [0.1, 0.15) is 22.9 Å². The Hall–Kier alpha value is -3.48. The van der Waals surface area contributed by atoms with Gasteiger partial charge in [-0.3, -0.25) is 0 Å². The van der Waals surface area contributed by atoms with Crippen LogP contribution in [0.2, 0.25) is 0 Å². The first-order valence-corrected chi connectivity index (χ1v) is 7.75. The van der Waals surface area contributed by atoms with Crippen molar-refractivity contribution >= 4 is 17.0 Å². The molecule has 7 nitrogen and oxygen atoms in total. The number of carbonyl (C=O) groups is 1. The van der Waals surface area contributed by atoms with E-state index in [0.29, 0.717) is 28.8 Å². The number of aliphatic carboxylic acids is 1. The van der Waals surface area contributed by atoms with E-state index < -0.39 is 12.0 Å². The highest BCUT2D eigenvalue weighted by molar-refractivity contribution is 5.89. The van der Waals surface area contributed by atoms with Gasteiger partial charge in [-0.25, -0.2) is 14.4 Å². The van der Waals surface area contributed by atoms with Gasteiger partial charge in [-0.05, 0) is 28.0 Å². The minimum absolute atomic E-state index is 0.354. The molecule has 2 heterocycles. The lowest BCUT2D eigenvalue weighted by Crippen LogP contribution is -2.21. The van der Waals surface area contributed by atoms with Gasteiger partial charge in [0.15, 0.2) is 0 Å². The van der Waals surface area contributed by atoms with E-state index in [9.17, 15) is 9.90 Å². The summed E-state index contributed by atoms with van der Waals surface area (Å²) in [5, 5.41) is 17.5. The molecule has 0 aliphatic carbocycles. The first-order chi connectivity index (χ1) is 12.2. The second-order valence-electron chi connectivity index (χ2n) is 5.64. The topological polar surface area (TPSA) is 94.0 Å². The van der Waals surface area contributed by atoms with Gasteiger partial charge in [0.05, 0.1) is 0 Å². The second-order valence-corrected chi connectivity index (χ2v) is 5.64. The number of rotatable bonds is 5. The van der Waals surface area contributed by atoms with Crippen molar-refractivity contribution < 1.29 is 14.5 Å². The molecule has 0 saturated carbocycles. The Kier molecular flexibility index (Phi) is 3.74. The largest absolute Gasteiger partial charge is 0.480 e. The predicted octanol–water partition coefficient (Wildman–Crippen LogP) is 2.95. The van der Waals surface area contributed by atoms with Gasteiger partial charge < -0.3 is 9.67 Å². The first kappa shape index (κ1) is 15.1. The zero-order chi connectivity index (χ0) is 17.2. The number of hydrogen-bond donors (Lipinski definition) is 1. The molecule has 1 atom stereocenters. The summed E-state index contributed by atoms with van der Waals surface area (Å²) in [6, 6.07) is 14.1. The van der Waals surface area contributed by atoms with Gasteiger partial charge in [0, 0.05) is 24.4 Å². The van der Waals surface area contributed by atoms with Crippen LogP contribution in [0.4, 0.5) is 0 Å². The highest BCUT2D eigenvalue weighted by Crippen LogP contribution is 2.28. The molecule has 0 spiro atoms. The van der Waals surface area contributed by atoms with Gasteiger partial charge in [0.2, 0.25) is 0 Å². The molecular weight excluding hydrogens is 320 g/mol. The van der Waals surface area contributed by atoms with Gasteiger partial charge in [-0.15, -0.1) is 0 Å². The average Bonchev–Trinajstić information content (AvgIpc) is 3.29. The van der Waals surface area contributed by atoms with Crippen LogP contribution in [-0.4, -0.2) is 30.9 Å². The maximum absolute atomic E-state index is 11.9. The molecule has 4 aromatic rings. The number of fused-ring (bicyclic) bond motifs is 1. The molecular formula is C18H14N4O3. The van der Waals surface area contributed by atoms with Crippen molar-refractivity contribution in [3.8, 4) is 11.4 Å². The van der Waals surface area contributed by atoms with Gasteiger partial charge in [0.25, 0.3) is 0 Å². The Balaban J connectivity index is 1.79. The number of carboxylic acids is 1. The molecule has 0 radical (unpaired) electrons. The molecule has 0 aliphatic rings. The van der Waals surface area contributed by atoms with Crippen molar-refractivity contribution in [2.45, 2.75) is 12.5 Å². The lowest BCUT2D eigenvalue weighted by atomic mass is 10.1. The lowest BCUT2D eigenvalue weighted by Gasteiger charge is -2.17. The Labute approximate surface area is 142 Å². The van der Waals surface area contributed by atoms with Crippen molar-refractivity contribution in [1.29, 1.82) is 0 Å². The van der Waals surface area contributed by atoms with Crippen LogP contribution in [0.5, 0.6) is 0 Å². The van der Waals surface area contributed by atoms with Gasteiger partial charge in [-0.2, -0.15) is 0 Å². The molecule has 124 valence electrons. The van der Waals surface area contributed by atoms with Crippen molar-refractivity contribution in [1.82, 2.24) is 19.9 Å².